The van der Waals surface area contributed by atoms with Crippen LogP contribution >= 0.6 is 0 Å². The number of amides is 1. The molecule has 1 unspecified atom stereocenters. The number of nitrogens with one attached hydrogen (secondary N) is 2. The van der Waals surface area contributed by atoms with Gasteiger partial charge >= 0.3 is 0 Å². The molecular weight excluding hydrogens is 320 g/mol. The molecule has 0 bridgehead atoms. The first-order chi connectivity index (χ1) is 11.9. The molecule has 0 aliphatic rings. The number of nitrogens with zero attached hydrogens (tertiary/aromatic N) is 2. The van der Waals surface area contributed by atoms with E-state index in [0.29, 0.717) is 5.56 Å². The summed E-state index contributed by atoms with van der Waals surface area (Å²) in [5.74, 6) is -0.336. The van der Waals surface area contributed by atoms with Gasteiger partial charge in [-0.25, -0.2) is 5.43 Å². The third kappa shape index (κ3) is 4.63. The van der Waals surface area contributed by atoms with Crippen molar-refractivity contribution < 1.29 is 9.72 Å². The maximum atomic E-state index is 12.2. The van der Waals surface area contributed by atoms with Crippen LogP contribution in [0.4, 0.5) is 11.4 Å². The average Bonchev–Trinajstić information content (AvgIpc) is 2.58. The van der Waals surface area contributed by atoms with Crippen LogP contribution in [-0.4, -0.2) is 23.1 Å². The normalized spacial score (nSPS) is 12.0. The van der Waals surface area contributed by atoms with Crippen molar-refractivity contribution in [3.05, 3.63) is 69.3 Å². The van der Waals surface area contributed by atoms with Gasteiger partial charge in [-0.3, -0.25) is 14.9 Å². The molecule has 0 spiro atoms. The van der Waals surface area contributed by atoms with E-state index in [1.54, 1.807) is 25.1 Å². The van der Waals surface area contributed by atoms with Crippen LogP contribution in [0, 0.1) is 24.0 Å². The molecule has 2 rings (SSSR count). The molecule has 2 aromatic carbocycles. The van der Waals surface area contributed by atoms with Crippen LogP contribution in [0.1, 0.15) is 23.6 Å². The van der Waals surface area contributed by atoms with Gasteiger partial charge in [-0.1, -0.05) is 30.3 Å². The van der Waals surface area contributed by atoms with E-state index in [4.69, 9.17) is 0 Å². The van der Waals surface area contributed by atoms with Crippen LogP contribution in [0.15, 0.2) is 47.6 Å². The number of hydrogen-bond donors (Lipinski definition) is 2. The van der Waals surface area contributed by atoms with Crippen molar-refractivity contribution in [1.29, 1.82) is 0 Å². The highest BCUT2D eigenvalue weighted by molar-refractivity contribution is 5.88. The number of aryl methyl sites for hydroxylation is 2. The molecule has 7 heteroatoms. The van der Waals surface area contributed by atoms with Gasteiger partial charge in [0.25, 0.3) is 11.6 Å². The first-order valence-corrected chi connectivity index (χ1v) is 7.79. The van der Waals surface area contributed by atoms with Gasteiger partial charge in [-0.15, -0.1) is 0 Å². The second-order valence-electron chi connectivity index (χ2n) is 5.68. The average molecular weight is 340 g/mol. The highest BCUT2D eigenvalue weighted by Gasteiger charge is 2.14. The maximum absolute atomic E-state index is 12.2. The molecule has 2 aromatic rings. The van der Waals surface area contributed by atoms with Crippen LogP contribution in [0.2, 0.25) is 0 Å². The van der Waals surface area contributed by atoms with Gasteiger partial charge in [0.1, 0.15) is 6.04 Å². The number of nitro groups is 1. The fourth-order valence-electron chi connectivity index (χ4n) is 2.35. The second-order valence-corrected chi connectivity index (χ2v) is 5.68. The number of hydrogen-bond acceptors (Lipinski definition) is 5. The van der Waals surface area contributed by atoms with Crippen molar-refractivity contribution in [2.24, 2.45) is 5.10 Å². The Kier molecular flexibility index (Phi) is 5.84. The summed E-state index contributed by atoms with van der Waals surface area (Å²) in [6.45, 7) is 5.65. The van der Waals surface area contributed by atoms with Gasteiger partial charge in [-0.2, -0.15) is 5.10 Å². The summed E-state index contributed by atoms with van der Waals surface area (Å²) in [6, 6.07) is 11.6. The Bertz CT molecular complexity index is 797. The van der Waals surface area contributed by atoms with Crippen molar-refractivity contribution in [3.63, 3.8) is 0 Å². The van der Waals surface area contributed by atoms with E-state index in [2.05, 4.69) is 15.8 Å². The molecule has 0 heterocycles. The lowest BCUT2D eigenvalue weighted by atomic mass is 10.1. The number of rotatable bonds is 6. The standard InChI is InChI=1S/C18H20N4O3/c1-12-7-6-8-13(2)17(12)20-14(3)18(23)21-19-11-15-9-4-5-10-16(15)22(24)25/h4-11,14,20H,1-3H3,(H,21,23)/b19-11-. The van der Waals surface area contributed by atoms with Crippen molar-refractivity contribution in [1.82, 2.24) is 5.43 Å². The van der Waals surface area contributed by atoms with Crippen LogP contribution in [0.25, 0.3) is 0 Å². The van der Waals surface area contributed by atoms with Gasteiger partial charge in [0.2, 0.25) is 0 Å². The Balaban J connectivity index is 2.02. The summed E-state index contributed by atoms with van der Waals surface area (Å²) < 4.78 is 0. The minimum atomic E-state index is -0.511. The molecule has 1 atom stereocenters. The van der Waals surface area contributed by atoms with Crippen LogP contribution in [-0.2, 0) is 4.79 Å². The third-order valence-electron chi connectivity index (χ3n) is 3.75. The first-order valence-electron chi connectivity index (χ1n) is 7.79. The van der Waals surface area contributed by atoms with Gasteiger partial charge in [0.05, 0.1) is 16.7 Å². The van der Waals surface area contributed by atoms with Gasteiger partial charge in [0.15, 0.2) is 0 Å². The van der Waals surface area contributed by atoms with Gasteiger partial charge in [0, 0.05) is 11.8 Å². The predicted molar refractivity (Wildman–Crippen MR) is 97.8 cm³/mol. The maximum Gasteiger partial charge on any atom is 0.278 e. The monoisotopic (exact) mass is 340 g/mol. The Morgan fingerprint density at radius 2 is 1.80 bits per heavy atom. The number of carbonyl (C=O) groups excluding carboxylic acids is 1. The van der Waals surface area contributed by atoms with Crippen LogP contribution in [0.3, 0.4) is 0 Å². The topological polar surface area (TPSA) is 96.6 Å². The minimum absolute atomic E-state index is 0.0674. The van der Waals surface area contributed by atoms with E-state index >= 15 is 0 Å². The largest absolute Gasteiger partial charge is 0.373 e. The van der Waals surface area contributed by atoms with Crippen LogP contribution in [0.5, 0.6) is 0 Å². The number of nitro benzene ring substituents is 1. The van der Waals surface area contributed by atoms with Crippen molar-refractivity contribution >= 4 is 23.5 Å². The Labute approximate surface area is 145 Å². The number of anilines is 1. The zero-order chi connectivity index (χ0) is 18.4. The van der Waals surface area contributed by atoms with Crippen LogP contribution < -0.4 is 10.7 Å². The molecule has 0 aromatic heterocycles. The lowest BCUT2D eigenvalue weighted by Gasteiger charge is -2.17. The third-order valence-corrected chi connectivity index (χ3v) is 3.75. The fourth-order valence-corrected chi connectivity index (χ4v) is 2.35. The summed E-state index contributed by atoms with van der Waals surface area (Å²) in [7, 11) is 0. The van der Waals surface area contributed by atoms with Gasteiger partial charge < -0.3 is 5.32 Å². The highest BCUT2D eigenvalue weighted by atomic mass is 16.6. The van der Waals surface area contributed by atoms with Gasteiger partial charge in [-0.05, 0) is 38.0 Å². The van der Waals surface area contributed by atoms with E-state index in [9.17, 15) is 14.9 Å². The van der Waals surface area contributed by atoms with E-state index in [1.807, 2.05) is 32.0 Å². The Morgan fingerprint density at radius 1 is 1.16 bits per heavy atom. The number of para-hydroxylation sites is 2. The molecular formula is C18H20N4O3. The molecule has 7 nitrogen and oxygen atoms in total. The molecule has 2 N–H and O–H groups in total. The molecule has 0 aliphatic heterocycles. The summed E-state index contributed by atoms with van der Waals surface area (Å²) in [5.41, 5.74) is 5.66. The zero-order valence-corrected chi connectivity index (χ0v) is 14.3. The van der Waals surface area contributed by atoms with E-state index in [-0.39, 0.29) is 11.6 Å². The molecule has 130 valence electrons. The molecule has 1 amide bonds. The lowest BCUT2D eigenvalue weighted by molar-refractivity contribution is -0.385. The molecule has 25 heavy (non-hydrogen) atoms. The molecule has 0 fully saturated rings. The Hall–Kier alpha value is -3.22. The number of hydrazone groups is 1. The Morgan fingerprint density at radius 3 is 2.44 bits per heavy atom. The number of carbonyl (C=O) groups is 1. The predicted octanol–water partition coefficient (Wildman–Crippen LogP) is 3.16. The zero-order valence-electron chi connectivity index (χ0n) is 14.3. The number of benzene rings is 2. The molecule has 0 saturated carbocycles. The quantitative estimate of drug-likeness (QED) is 0.479. The smallest absolute Gasteiger partial charge is 0.278 e. The molecule has 0 saturated heterocycles. The van der Waals surface area contributed by atoms with E-state index in [0.717, 1.165) is 16.8 Å². The summed E-state index contributed by atoms with van der Waals surface area (Å²) in [6.07, 6.45) is 1.27. The lowest BCUT2D eigenvalue weighted by Crippen LogP contribution is -2.35. The molecule has 0 radical (unpaired) electrons. The van der Waals surface area contributed by atoms with Crippen molar-refractivity contribution in [3.8, 4) is 0 Å². The van der Waals surface area contributed by atoms with Crippen molar-refractivity contribution in [2.45, 2.75) is 26.8 Å². The minimum Gasteiger partial charge on any atom is -0.373 e. The van der Waals surface area contributed by atoms with E-state index in [1.165, 1.54) is 12.3 Å². The SMILES string of the molecule is Cc1cccc(C)c1NC(C)C(=O)N/N=C\c1ccccc1[N+](=O)[O-]. The first kappa shape index (κ1) is 18.1. The summed E-state index contributed by atoms with van der Waals surface area (Å²) in [4.78, 5) is 22.6. The summed E-state index contributed by atoms with van der Waals surface area (Å²) in [5, 5.41) is 17.9. The van der Waals surface area contributed by atoms with Crippen molar-refractivity contribution in [2.75, 3.05) is 5.32 Å². The summed E-state index contributed by atoms with van der Waals surface area (Å²) >= 11 is 0. The second kappa shape index (κ2) is 8.05. The molecule has 0 aliphatic carbocycles. The highest BCUT2D eigenvalue weighted by Crippen LogP contribution is 2.20. The fraction of sp³-hybridized carbons (Fsp3) is 0.222. The van der Waals surface area contributed by atoms with E-state index < -0.39 is 11.0 Å².